The van der Waals surface area contributed by atoms with Gasteiger partial charge in [0, 0.05) is 30.7 Å². The van der Waals surface area contributed by atoms with Crippen LogP contribution in [0.25, 0.3) is 5.57 Å². The van der Waals surface area contributed by atoms with Crippen LogP contribution >= 0.6 is 0 Å². The summed E-state index contributed by atoms with van der Waals surface area (Å²) in [7, 11) is 0. The minimum atomic E-state index is -1.12. The third-order valence-electron chi connectivity index (χ3n) is 5.23. The van der Waals surface area contributed by atoms with E-state index < -0.39 is 12.0 Å². The Kier molecular flexibility index (Phi) is 4.35. The molecule has 1 aromatic heterocycles. The number of allylic oxidation sites excluding steroid dienone is 1. The van der Waals surface area contributed by atoms with E-state index in [2.05, 4.69) is 9.97 Å². The molecule has 0 unspecified atom stereocenters. The maximum atomic E-state index is 13.0. The van der Waals surface area contributed by atoms with Crippen LogP contribution in [0.15, 0.2) is 42.2 Å². The third-order valence-corrected chi connectivity index (χ3v) is 5.23. The number of amides is 1. The van der Waals surface area contributed by atoms with Crippen molar-refractivity contribution in [2.24, 2.45) is 0 Å². The fraction of sp³-hybridized carbons (Fsp3) is 0.300. The van der Waals surface area contributed by atoms with Gasteiger partial charge in [-0.1, -0.05) is 30.3 Å². The highest BCUT2D eigenvalue weighted by Gasteiger charge is 2.39. The number of carboxylic acids is 1. The number of nitrogens with one attached hydrogen (secondary N) is 1. The van der Waals surface area contributed by atoms with Gasteiger partial charge >= 0.3 is 5.97 Å². The summed E-state index contributed by atoms with van der Waals surface area (Å²) in [5.74, 6) is -1.51. The first-order valence-corrected chi connectivity index (χ1v) is 8.91. The van der Waals surface area contributed by atoms with Gasteiger partial charge in [0.15, 0.2) is 11.8 Å². The monoisotopic (exact) mass is 365 g/mol. The highest BCUT2D eigenvalue weighted by Crippen LogP contribution is 2.35. The number of carbonyl (C=O) groups is 3. The minimum absolute atomic E-state index is 0.0356. The standard InChI is InChI=1S/C20H19N3O4/c24-16-7-6-13(12-4-2-1-3-5-12)14(16)10-17(25)23-9-8-15-18(22-11-21-15)19(23)20(26)27/h1-5,11,19H,6-10H2,(H,21,22)(H,26,27)/t19-/m0/s1. The van der Waals surface area contributed by atoms with Crippen molar-refractivity contribution in [3.05, 3.63) is 59.2 Å². The molecule has 1 atom stereocenters. The quantitative estimate of drug-likeness (QED) is 0.864. The number of aromatic nitrogens is 2. The number of fused-ring (bicyclic) bond motifs is 1. The summed E-state index contributed by atoms with van der Waals surface area (Å²) in [6, 6.07) is 8.43. The number of Topliss-reactive ketones (excluding diaryl/α,β-unsaturated/α-hetero) is 1. The lowest BCUT2D eigenvalue weighted by atomic mass is 9.98. The predicted molar refractivity (Wildman–Crippen MR) is 96.6 cm³/mol. The largest absolute Gasteiger partial charge is 0.479 e. The zero-order valence-corrected chi connectivity index (χ0v) is 14.6. The Morgan fingerprint density at radius 2 is 1.96 bits per heavy atom. The summed E-state index contributed by atoms with van der Waals surface area (Å²) < 4.78 is 0. The SMILES string of the molecule is O=C1CCC(c2ccccc2)=C1CC(=O)N1CCc2[nH]cnc2[C@H]1C(=O)O. The molecule has 1 aromatic carbocycles. The molecule has 0 spiro atoms. The van der Waals surface area contributed by atoms with Gasteiger partial charge in [-0.05, 0) is 17.6 Å². The second-order valence-electron chi connectivity index (χ2n) is 6.77. The predicted octanol–water partition coefficient (Wildman–Crippen LogP) is 2.13. The number of aliphatic carboxylic acids is 1. The van der Waals surface area contributed by atoms with Gasteiger partial charge in [0.1, 0.15) is 0 Å². The molecule has 2 N–H and O–H groups in total. The number of H-pyrrole nitrogens is 1. The van der Waals surface area contributed by atoms with E-state index in [1.54, 1.807) is 0 Å². The van der Waals surface area contributed by atoms with E-state index >= 15 is 0 Å². The average Bonchev–Trinajstić information content (AvgIpc) is 3.28. The van der Waals surface area contributed by atoms with Crippen LogP contribution in [0.1, 0.15) is 42.3 Å². The van der Waals surface area contributed by atoms with Crippen molar-refractivity contribution in [2.75, 3.05) is 6.54 Å². The first kappa shape index (κ1) is 17.2. The molecule has 1 amide bonds. The molecule has 4 rings (SSSR count). The van der Waals surface area contributed by atoms with Crippen LogP contribution in [0.4, 0.5) is 0 Å². The van der Waals surface area contributed by atoms with Crippen molar-refractivity contribution in [1.82, 2.24) is 14.9 Å². The first-order valence-electron chi connectivity index (χ1n) is 8.91. The van der Waals surface area contributed by atoms with Crippen molar-refractivity contribution in [1.29, 1.82) is 0 Å². The molecular formula is C20H19N3O4. The highest BCUT2D eigenvalue weighted by molar-refractivity contribution is 6.10. The lowest BCUT2D eigenvalue weighted by molar-refractivity contribution is -0.151. The van der Waals surface area contributed by atoms with Gasteiger partial charge in [-0.2, -0.15) is 0 Å². The van der Waals surface area contributed by atoms with E-state index in [1.165, 1.54) is 11.2 Å². The number of carbonyl (C=O) groups excluding carboxylic acids is 2. The Morgan fingerprint density at radius 1 is 1.19 bits per heavy atom. The average molecular weight is 365 g/mol. The number of hydrogen-bond donors (Lipinski definition) is 2. The van der Waals surface area contributed by atoms with Crippen LogP contribution in [0.5, 0.6) is 0 Å². The maximum Gasteiger partial charge on any atom is 0.332 e. The molecule has 1 aliphatic carbocycles. The normalized spacial score (nSPS) is 19.3. The first-order chi connectivity index (χ1) is 13.1. The second-order valence-corrected chi connectivity index (χ2v) is 6.77. The fourth-order valence-electron chi connectivity index (χ4n) is 3.92. The van der Waals surface area contributed by atoms with Crippen LogP contribution in [-0.2, 0) is 20.8 Å². The van der Waals surface area contributed by atoms with E-state index in [4.69, 9.17) is 0 Å². The van der Waals surface area contributed by atoms with E-state index in [-0.39, 0.29) is 24.7 Å². The van der Waals surface area contributed by atoms with E-state index in [0.29, 0.717) is 30.5 Å². The van der Waals surface area contributed by atoms with Crippen LogP contribution in [-0.4, -0.2) is 44.2 Å². The van der Waals surface area contributed by atoms with Gasteiger partial charge in [0.25, 0.3) is 0 Å². The Hall–Kier alpha value is -3.22. The fourth-order valence-corrected chi connectivity index (χ4v) is 3.92. The molecule has 2 aliphatic rings. The van der Waals surface area contributed by atoms with Crippen LogP contribution in [0.2, 0.25) is 0 Å². The second kappa shape index (κ2) is 6.83. The number of ketones is 1. The van der Waals surface area contributed by atoms with Gasteiger partial charge in [-0.15, -0.1) is 0 Å². The highest BCUT2D eigenvalue weighted by atomic mass is 16.4. The number of aromatic amines is 1. The summed E-state index contributed by atoms with van der Waals surface area (Å²) in [6.45, 7) is 0.285. The van der Waals surface area contributed by atoms with Crippen molar-refractivity contribution in [3.63, 3.8) is 0 Å². The lowest BCUT2D eigenvalue weighted by Gasteiger charge is -2.32. The molecule has 7 nitrogen and oxygen atoms in total. The molecule has 27 heavy (non-hydrogen) atoms. The summed E-state index contributed by atoms with van der Waals surface area (Å²) >= 11 is 0. The van der Waals surface area contributed by atoms with Crippen molar-refractivity contribution < 1.29 is 19.5 Å². The topological polar surface area (TPSA) is 103 Å². The molecule has 0 fully saturated rings. The number of benzene rings is 1. The molecule has 138 valence electrons. The lowest BCUT2D eigenvalue weighted by Crippen LogP contribution is -2.43. The van der Waals surface area contributed by atoms with Gasteiger partial charge in [0.05, 0.1) is 18.4 Å². The summed E-state index contributed by atoms with van der Waals surface area (Å²) in [5, 5.41) is 9.64. The molecule has 2 heterocycles. The minimum Gasteiger partial charge on any atom is -0.479 e. The van der Waals surface area contributed by atoms with Crippen molar-refractivity contribution >= 4 is 23.2 Å². The summed E-state index contributed by atoms with van der Waals surface area (Å²) in [5.41, 5.74) is 3.44. The number of rotatable bonds is 4. The Balaban J connectivity index is 1.63. The van der Waals surface area contributed by atoms with E-state index in [9.17, 15) is 19.5 Å². The third kappa shape index (κ3) is 3.05. The summed E-state index contributed by atoms with van der Waals surface area (Å²) in [6.07, 6.45) is 2.89. The summed E-state index contributed by atoms with van der Waals surface area (Å²) in [4.78, 5) is 45.5. The molecule has 0 radical (unpaired) electrons. The Morgan fingerprint density at radius 3 is 2.70 bits per heavy atom. The molecule has 0 bridgehead atoms. The van der Waals surface area contributed by atoms with E-state index in [0.717, 1.165) is 16.8 Å². The zero-order chi connectivity index (χ0) is 19.0. The van der Waals surface area contributed by atoms with Crippen LogP contribution in [0, 0.1) is 0 Å². The van der Waals surface area contributed by atoms with Gasteiger partial charge < -0.3 is 15.0 Å². The number of hydrogen-bond acceptors (Lipinski definition) is 4. The Bertz CT molecular complexity index is 945. The number of nitrogens with zero attached hydrogens (tertiary/aromatic N) is 2. The smallest absolute Gasteiger partial charge is 0.332 e. The molecule has 0 saturated heterocycles. The van der Waals surface area contributed by atoms with Gasteiger partial charge in [-0.25, -0.2) is 9.78 Å². The molecular weight excluding hydrogens is 346 g/mol. The van der Waals surface area contributed by atoms with Crippen LogP contribution in [0.3, 0.4) is 0 Å². The molecule has 2 aromatic rings. The molecule has 7 heteroatoms. The zero-order valence-electron chi connectivity index (χ0n) is 14.6. The molecule has 1 aliphatic heterocycles. The van der Waals surface area contributed by atoms with Gasteiger partial charge in [0.2, 0.25) is 5.91 Å². The van der Waals surface area contributed by atoms with Crippen molar-refractivity contribution in [2.45, 2.75) is 31.7 Å². The van der Waals surface area contributed by atoms with E-state index in [1.807, 2.05) is 30.3 Å². The van der Waals surface area contributed by atoms with Crippen LogP contribution < -0.4 is 0 Å². The maximum absolute atomic E-state index is 13.0. The number of carboxylic acid groups (broad SMARTS) is 1. The Labute approximate surface area is 155 Å². The van der Waals surface area contributed by atoms with Gasteiger partial charge in [-0.3, -0.25) is 9.59 Å². The number of imidazole rings is 1. The molecule has 0 saturated carbocycles. The van der Waals surface area contributed by atoms with Crippen molar-refractivity contribution in [3.8, 4) is 0 Å².